The molecule has 90 valence electrons. The fourth-order valence-corrected chi connectivity index (χ4v) is 1.45. The molecule has 0 aliphatic heterocycles. The fraction of sp³-hybridized carbons (Fsp3) is 0.538. The molecule has 3 heteroatoms. The van der Waals surface area contributed by atoms with Crippen molar-refractivity contribution in [3.8, 4) is 5.75 Å². The van der Waals surface area contributed by atoms with Gasteiger partial charge in [0.2, 0.25) is 0 Å². The largest absolute Gasteiger partial charge is 0.493 e. The van der Waals surface area contributed by atoms with E-state index in [2.05, 4.69) is 6.92 Å². The van der Waals surface area contributed by atoms with Crippen molar-refractivity contribution in [2.45, 2.75) is 39.2 Å². The zero-order valence-corrected chi connectivity index (χ0v) is 9.87. The quantitative estimate of drug-likeness (QED) is 0.753. The van der Waals surface area contributed by atoms with E-state index in [0.717, 1.165) is 19.3 Å². The lowest BCUT2D eigenvalue weighted by atomic mass is 10.1. The lowest BCUT2D eigenvalue weighted by Gasteiger charge is -2.10. The lowest BCUT2D eigenvalue weighted by molar-refractivity contribution is 0.198. The van der Waals surface area contributed by atoms with Crippen LogP contribution < -0.4 is 4.74 Å². The van der Waals surface area contributed by atoms with E-state index < -0.39 is 6.10 Å². The van der Waals surface area contributed by atoms with E-state index in [1.54, 1.807) is 13.0 Å². The normalized spacial score (nSPS) is 12.5. The molecule has 0 radical (unpaired) electrons. The SMILES string of the molecule is CCCCCOc1cc(F)cc([C@@H](C)O)c1. The van der Waals surface area contributed by atoms with Crippen LogP contribution >= 0.6 is 0 Å². The maximum absolute atomic E-state index is 13.2. The molecule has 1 atom stereocenters. The number of rotatable bonds is 6. The van der Waals surface area contributed by atoms with Crippen molar-refractivity contribution in [2.75, 3.05) is 6.61 Å². The summed E-state index contributed by atoms with van der Waals surface area (Å²) < 4.78 is 18.6. The molecule has 0 spiro atoms. The van der Waals surface area contributed by atoms with Crippen molar-refractivity contribution >= 4 is 0 Å². The van der Waals surface area contributed by atoms with Gasteiger partial charge in [-0.15, -0.1) is 0 Å². The van der Waals surface area contributed by atoms with Gasteiger partial charge in [0.1, 0.15) is 11.6 Å². The molecular formula is C13H19FO2. The first kappa shape index (κ1) is 13.0. The van der Waals surface area contributed by atoms with Crippen LogP contribution in [0.15, 0.2) is 18.2 Å². The Bertz CT molecular complexity index is 324. The van der Waals surface area contributed by atoms with Crippen LogP contribution in [0.1, 0.15) is 44.8 Å². The average molecular weight is 226 g/mol. The minimum absolute atomic E-state index is 0.371. The van der Waals surface area contributed by atoms with E-state index in [1.807, 2.05) is 0 Å². The number of benzene rings is 1. The van der Waals surface area contributed by atoms with E-state index in [4.69, 9.17) is 4.74 Å². The second kappa shape index (κ2) is 6.48. The molecule has 16 heavy (non-hydrogen) atoms. The number of hydrogen-bond acceptors (Lipinski definition) is 2. The van der Waals surface area contributed by atoms with Gasteiger partial charge in [0.25, 0.3) is 0 Å². The summed E-state index contributed by atoms with van der Waals surface area (Å²) in [7, 11) is 0. The summed E-state index contributed by atoms with van der Waals surface area (Å²) in [6.45, 7) is 4.32. The van der Waals surface area contributed by atoms with Gasteiger partial charge in [-0.3, -0.25) is 0 Å². The van der Waals surface area contributed by atoms with E-state index in [1.165, 1.54) is 12.1 Å². The third kappa shape index (κ3) is 4.19. The molecule has 1 rings (SSSR count). The third-order valence-electron chi connectivity index (χ3n) is 2.39. The maximum Gasteiger partial charge on any atom is 0.127 e. The van der Waals surface area contributed by atoms with Crippen molar-refractivity contribution < 1.29 is 14.2 Å². The highest BCUT2D eigenvalue weighted by molar-refractivity contribution is 5.30. The van der Waals surface area contributed by atoms with Gasteiger partial charge in [-0.1, -0.05) is 19.8 Å². The molecule has 0 saturated carbocycles. The first-order chi connectivity index (χ1) is 7.63. The second-order valence-electron chi connectivity index (χ2n) is 3.95. The van der Waals surface area contributed by atoms with Crippen molar-refractivity contribution in [1.29, 1.82) is 0 Å². The predicted molar refractivity (Wildman–Crippen MR) is 62.1 cm³/mol. The monoisotopic (exact) mass is 226 g/mol. The zero-order valence-electron chi connectivity index (χ0n) is 9.87. The molecule has 0 bridgehead atoms. The summed E-state index contributed by atoms with van der Waals surface area (Å²) in [6, 6.07) is 4.35. The molecule has 0 saturated heterocycles. The van der Waals surface area contributed by atoms with Gasteiger partial charge in [-0.25, -0.2) is 4.39 Å². The van der Waals surface area contributed by atoms with E-state index in [-0.39, 0.29) is 5.82 Å². The molecule has 0 aliphatic carbocycles. The van der Waals surface area contributed by atoms with E-state index in [9.17, 15) is 9.50 Å². The van der Waals surface area contributed by atoms with Gasteiger partial charge < -0.3 is 9.84 Å². The molecule has 1 aromatic carbocycles. The van der Waals surface area contributed by atoms with Crippen molar-refractivity contribution in [1.82, 2.24) is 0 Å². The van der Waals surface area contributed by atoms with Crippen LogP contribution in [0.25, 0.3) is 0 Å². The molecular weight excluding hydrogens is 207 g/mol. The molecule has 2 nitrogen and oxygen atoms in total. The molecule has 0 amide bonds. The van der Waals surface area contributed by atoms with Crippen molar-refractivity contribution in [2.24, 2.45) is 0 Å². The number of ether oxygens (including phenoxy) is 1. The molecule has 0 aliphatic rings. The van der Waals surface area contributed by atoms with Crippen LogP contribution in [0.3, 0.4) is 0 Å². The second-order valence-corrected chi connectivity index (χ2v) is 3.95. The summed E-state index contributed by atoms with van der Waals surface area (Å²) in [4.78, 5) is 0. The Morgan fingerprint density at radius 1 is 1.31 bits per heavy atom. The summed E-state index contributed by atoms with van der Waals surface area (Å²) in [5.74, 6) is 0.121. The van der Waals surface area contributed by atoms with Crippen molar-refractivity contribution in [3.05, 3.63) is 29.6 Å². The smallest absolute Gasteiger partial charge is 0.127 e. The Kier molecular flexibility index (Phi) is 5.26. The fourth-order valence-electron chi connectivity index (χ4n) is 1.45. The standard InChI is InChI=1S/C13H19FO2/c1-3-4-5-6-16-13-8-11(10(2)15)7-12(14)9-13/h7-10,15H,3-6H2,1-2H3/t10-/m1/s1. The highest BCUT2D eigenvalue weighted by Gasteiger charge is 2.06. The summed E-state index contributed by atoms with van der Waals surface area (Å²) in [5, 5.41) is 9.36. The predicted octanol–water partition coefficient (Wildman–Crippen LogP) is 3.45. The van der Waals surface area contributed by atoms with Crippen LogP contribution in [0.4, 0.5) is 4.39 Å². The van der Waals surface area contributed by atoms with Gasteiger partial charge in [0.05, 0.1) is 12.7 Å². The lowest BCUT2D eigenvalue weighted by Crippen LogP contribution is -1.99. The average Bonchev–Trinajstić information content (AvgIpc) is 2.23. The Morgan fingerprint density at radius 3 is 2.69 bits per heavy atom. The van der Waals surface area contributed by atoms with Crippen LogP contribution in [0.2, 0.25) is 0 Å². The summed E-state index contributed by atoms with van der Waals surface area (Å²) in [6.07, 6.45) is 2.54. The minimum Gasteiger partial charge on any atom is -0.493 e. The number of hydrogen-bond donors (Lipinski definition) is 1. The number of halogens is 1. The Morgan fingerprint density at radius 2 is 2.06 bits per heavy atom. The third-order valence-corrected chi connectivity index (χ3v) is 2.39. The minimum atomic E-state index is -0.673. The van der Waals surface area contributed by atoms with Gasteiger partial charge >= 0.3 is 0 Å². The molecule has 1 aromatic rings. The van der Waals surface area contributed by atoms with Crippen molar-refractivity contribution in [3.63, 3.8) is 0 Å². The first-order valence-corrected chi connectivity index (χ1v) is 5.75. The summed E-state index contributed by atoms with van der Waals surface area (Å²) in [5.41, 5.74) is 0.547. The molecule has 1 N–H and O–H groups in total. The van der Waals surface area contributed by atoms with Gasteiger partial charge in [-0.2, -0.15) is 0 Å². The molecule has 0 heterocycles. The van der Waals surface area contributed by atoms with Crippen LogP contribution in [0.5, 0.6) is 5.75 Å². The first-order valence-electron chi connectivity index (χ1n) is 5.75. The highest BCUT2D eigenvalue weighted by Crippen LogP contribution is 2.21. The van der Waals surface area contributed by atoms with Gasteiger partial charge in [-0.05, 0) is 31.0 Å². The van der Waals surface area contributed by atoms with Gasteiger partial charge in [0.15, 0.2) is 0 Å². The zero-order chi connectivity index (χ0) is 12.0. The van der Waals surface area contributed by atoms with Crippen LogP contribution in [-0.2, 0) is 0 Å². The Hall–Kier alpha value is -1.09. The van der Waals surface area contributed by atoms with Gasteiger partial charge in [0, 0.05) is 6.07 Å². The Labute approximate surface area is 96.1 Å². The molecule has 0 aromatic heterocycles. The Balaban J connectivity index is 2.58. The van der Waals surface area contributed by atoms with Crippen LogP contribution in [0, 0.1) is 5.82 Å². The number of aliphatic hydroxyl groups excluding tert-OH is 1. The molecule has 0 fully saturated rings. The maximum atomic E-state index is 13.2. The highest BCUT2D eigenvalue weighted by atomic mass is 19.1. The molecule has 0 unspecified atom stereocenters. The summed E-state index contributed by atoms with van der Waals surface area (Å²) >= 11 is 0. The van der Waals surface area contributed by atoms with Crippen LogP contribution in [-0.4, -0.2) is 11.7 Å². The topological polar surface area (TPSA) is 29.5 Å². The number of unbranched alkanes of at least 4 members (excludes halogenated alkanes) is 2. The van der Waals surface area contributed by atoms with E-state index in [0.29, 0.717) is 17.9 Å². The van der Waals surface area contributed by atoms with E-state index >= 15 is 0 Å². The number of aliphatic hydroxyl groups is 1.